The first-order chi connectivity index (χ1) is 8.41. The summed E-state index contributed by atoms with van der Waals surface area (Å²) >= 11 is 2.94. The summed E-state index contributed by atoms with van der Waals surface area (Å²) in [6.45, 7) is 0.0147. The zero-order valence-corrected chi connectivity index (χ0v) is 11.1. The summed E-state index contributed by atoms with van der Waals surface area (Å²) in [5.41, 5.74) is -1.54. The van der Waals surface area contributed by atoms with Gasteiger partial charge in [-0.25, -0.2) is 8.78 Å². The molecule has 0 aliphatic heterocycles. The summed E-state index contributed by atoms with van der Waals surface area (Å²) in [6, 6.07) is 2.05. The largest absolute Gasteiger partial charge is 0.388 e. The van der Waals surface area contributed by atoms with Crippen LogP contribution in [0.1, 0.15) is 29.6 Å². The number of carbonyl (C=O) groups excluding carboxylic acids is 1. The van der Waals surface area contributed by atoms with E-state index < -0.39 is 28.7 Å². The van der Waals surface area contributed by atoms with E-state index in [-0.39, 0.29) is 11.0 Å². The number of amides is 1. The van der Waals surface area contributed by atoms with Gasteiger partial charge in [-0.1, -0.05) is 15.9 Å². The summed E-state index contributed by atoms with van der Waals surface area (Å²) in [4.78, 5) is 11.7. The maximum atomic E-state index is 13.5. The molecule has 98 valence electrons. The molecule has 3 nitrogen and oxygen atoms in total. The lowest BCUT2D eigenvalue weighted by Gasteiger charge is -2.36. The molecule has 1 aromatic carbocycles. The number of halogens is 3. The molecular formula is C12H12BrF2NO2. The van der Waals surface area contributed by atoms with Crippen molar-refractivity contribution in [3.63, 3.8) is 0 Å². The minimum absolute atomic E-state index is 0.0147. The molecule has 0 bridgehead atoms. The highest BCUT2D eigenvalue weighted by Gasteiger charge is 2.35. The molecule has 0 radical (unpaired) electrons. The Balaban J connectivity index is 2.09. The van der Waals surface area contributed by atoms with Gasteiger partial charge in [-0.05, 0) is 31.4 Å². The Hall–Kier alpha value is -1.01. The van der Waals surface area contributed by atoms with Crippen LogP contribution >= 0.6 is 15.9 Å². The normalized spacial score (nSPS) is 17.1. The van der Waals surface area contributed by atoms with Crippen molar-refractivity contribution in [3.8, 4) is 0 Å². The van der Waals surface area contributed by atoms with E-state index in [4.69, 9.17) is 0 Å². The molecule has 2 rings (SSSR count). The number of nitrogens with one attached hydrogen (secondary N) is 1. The Bertz CT molecular complexity index is 466. The lowest BCUT2D eigenvalue weighted by Crippen LogP contribution is -2.48. The summed E-state index contributed by atoms with van der Waals surface area (Å²) in [5, 5.41) is 12.1. The summed E-state index contributed by atoms with van der Waals surface area (Å²) in [5.74, 6) is -2.71. The third-order valence-electron chi connectivity index (χ3n) is 3.10. The SMILES string of the molecule is O=C(NCC1(O)CCC1)c1c(F)cc(Br)cc1F. The van der Waals surface area contributed by atoms with Crippen LogP contribution in [0, 0.1) is 11.6 Å². The third kappa shape index (κ3) is 2.70. The van der Waals surface area contributed by atoms with Crippen LogP contribution in [0.25, 0.3) is 0 Å². The predicted molar refractivity (Wildman–Crippen MR) is 65.2 cm³/mol. The number of hydrogen-bond acceptors (Lipinski definition) is 2. The number of rotatable bonds is 3. The predicted octanol–water partition coefficient (Wildman–Crippen LogP) is 2.37. The number of carbonyl (C=O) groups is 1. The molecule has 6 heteroatoms. The second kappa shape index (κ2) is 4.93. The van der Waals surface area contributed by atoms with E-state index in [1.54, 1.807) is 0 Å². The van der Waals surface area contributed by atoms with Gasteiger partial charge < -0.3 is 10.4 Å². The molecule has 1 aliphatic rings. The van der Waals surface area contributed by atoms with Gasteiger partial charge in [0.2, 0.25) is 0 Å². The first-order valence-electron chi connectivity index (χ1n) is 5.56. The topological polar surface area (TPSA) is 49.3 Å². The second-order valence-electron chi connectivity index (χ2n) is 4.51. The van der Waals surface area contributed by atoms with Crippen molar-refractivity contribution in [1.29, 1.82) is 0 Å². The molecule has 0 heterocycles. The van der Waals surface area contributed by atoms with Crippen molar-refractivity contribution < 1.29 is 18.7 Å². The molecule has 0 saturated heterocycles. The maximum absolute atomic E-state index is 13.5. The Kier molecular flexibility index (Phi) is 3.68. The van der Waals surface area contributed by atoms with Gasteiger partial charge in [-0.3, -0.25) is 4.79 Å². The highest BCUT2D eigenvalue weighted by Crippen LogP contribution is 2.30. The molecule has 1 aliphatic carbocycles. The van der Waals surface area contributed by atoms with E-state index in [1.807, 2.05) is 0 Å². The van der Waals surface area contributed by atoms with Crippen LogP contribution < -0.4 is 5.32 Å². The minimum atomic E-state index is -0.931. The fraction of sp³-hybridized carbons (Fsp3) is 0.417. The molecule has 1 fully saturated rings. The first kappa shape index (κ1) is 13.4. The first-order valence-corrected chi connectivity index (χ1v) is 6.36. The Morgan fingerprint density at radius 2 is 1.94 bits per heavy atom. The van der Waals surface area contributed by atoms with Crippen molar-refractivity contribution in [3.05, 3.63) is 33.8 Å². The summed E-state index contributed by atoms with van der Waals surface area (Å²) in [7, 11) is 0. The van der Waals surface area contributed by atoms with Gasteiger partial charge in [0.1, 0.15) is 17.2 Å². The zero-order chi connectivity index (χ0) is 13.3. The molecule has 2 N–H and O–H groups in total. The maximum Gasteiger partial charge on any atom is 0.257 e. The average Bonchev–Trinajstić information content (AvgIpc) is 2.22. The van der Waals surface area contributed by atoms with Crippen molar-refractivity contribution in [2.45, 2.75) is 24.9 Å². The van der Waals surface area contributed by atoms with Gasteiger partial charge in [0.25, 0.3) is 5.91 Å². The Labute approximate surface area is 111 Å². The molecule has 0 unspecified atom stereocenters. The number of benzene rings is 1. The van der Waals surface area contributed by atoms with E-state index in [0.29, 0.717) is 12.8 Å². The number of aliphatic hydroxyl groups is 1. The molecule has 1 saturated carbocycles. The smallest absolute Gasteiger partial charge is 0.257 e. The van der Waals surface area contributed by atoms with E-state index in [1.165, 1.54) is 0 Å². The fourth-order valence-corrected chi connectivity index (χ4v) is 2.26. The van der Waals surface area contributed by atoms with Crippen molar-refractivity contribution in [2.24, 2.45) is 0 Å². The lowest BCUT2D eigenvalue weighted by atomic mass is 9.80. The van der Waals surface area contributed by atoms with Gasteiger partial charge in [-0.15, -0.1) is 0 Å². The van der Waals surface area contributed by atoms with E-state index >= 15 is 0 Å². The highest BCUT2D eigenvalue weighted by molar-refractivity contribution is 9.10. The van der Waals surface area contributed by atoms with E-state index in [9.17, 15) is 18.7 Å². The molecule has 0 atom stereocenters. The molecule has 18 heavy (non-hydrogen) atoms. The summed E-state index contributed by atoms with van der Waals surface area (Å²) in [6.07, 6.45) is 2.09. The molecule has 0 aromatic heterocycles. The van der Waals surface area contributed by atoms with Crippen LogP contribution in [-0.2, 0) is 0 Å². The van der Waals surface area contributed by atoms with Gasteiger partial charge in [0, 0.05) is 11.0 Å². The second-order valence-corrected chi connectivity index (χ2v) is 5.42. The Morgan fingerprint density at radius 1 is 1.39 bits per heavy atom. The van der Waals surface area contributed by atoms with Crippen LogP contribution in [-0.4, -0.2) is 23.2 Å². The van der Waals surface area contributed by atoms with Gasteiger partial charge >= 0.3 is 0 Å². The van der Waals surface area contributed by atoms with Gasteiger partial charge in [-0.2, -0.15) is 0 Å². The lowest BCUT2D eigenvalue weighted by molar-refractivity contribution is -0.0301. The molecule has 0 spiro atoms. The zero-order valence-electron chi connectivity index (χ0n) is 9.47. The average molecular weight is 320 g/mol. The third-order valence-corrected chi connectivity index (χ3v) is 3.55. The number of hydrogen-bond donors (Lipinski definition) is 2. The van der Waals surface area contributed by atoms with Crippen molar-refractivity contribution in [1.82, 2.24) is 5.32 Å². The van der Waals surface area contributed by atoms with Crippen molar-refractivity contribution in [2.75, 3.05) is 6.54 Å². The van der Waals surface area contributed by atoms with Crippen LogP contribution in [0.15, 0.2) is 16.6 Å². The van der Waals surface area contributed by atoms with Gasteiger partial charge in [0.05, 0.1) is 5.60 Å². The van der Waals surface area contributed by atoms with Crippen LogP contribution in [0.3, 0.4) is 0 Å². The Morgan fingerprint density at radius 3 is 2.39 bits per heavy atom. The van der Waals surface area contributed by atoms with Crippen LogP contribution in [0.4, 0.5) is 8.78 Å². The van der Waals surface area contributed by atoms with E-state index in [2.05, 4.69) is 21.2 Å². The van der Waals surface area contributed by atoms with Crippen LogP contribution in [0.2, 0.25) is 0 Å². The molecular weight excluding hydrogens is 308 g/mol. The van der Waals surface area contributed by atoms with Gasteiger partial charge in [0.15, 0.2) is 0 Å². The van der Waals surface area contributed by atoms with E-state index in [0.717, 1.165) is 18.6 Å². The highest BCUT2D eigenvalue weighted by atomic mass is 79.9. The summed E-state index contributed by atoms with van der Waals surface area (Å²) < 4.78 is 27.2. The van der Waals surface area contributed by atoms with Crippen LogP contribution in [0.5, 0.6) is 0 Å². The standard InChI is InChI=1S/C12H12BrF2NO2/c13-7-4-8(14)10(9(15)5-7)11(17)16-6-12(18)2-1-3-12/h4-5,18H,1-3,6H2,(H,16,17). The molecule has 1 amide bonds. The molecule has 1 aromatic rings. The monoisotopic (exact) mass is 319 g/mol. The van der Waals surface area contributed by atoms with Crippen molar-refractivity contribution >= 4 is 21.8 Å². The fourth-order valence-electron chi connectivity index (χ4n) is 1.85. The quantitative estimate of drug-likeness (QED) is 0.898. The minimum Gasteiger partial charge on any atom is -0.388 e.